The highest BCUT2D eigenvalue weighted by molar-refractivity contribution is 9.10. The number of ketones is 1. The average Bonchev–Trinajstić information content (AvgIpc) is 2.69. The maximum atomic E-state index is 12.5. The lowest BCUT2D eigenvalue weighted by Crippen LogP contribution is -2.26. The summed E-state index contributed by atoms with van der Waals surface area (Å²) in [6.07, 6.45) is 0. The van der Waals surface area contributed by atoms with E-state index >= 15 is 0 Å². The van der Waals surface area contributed by atoms with Gasteiger partial charge in [-0.05, 0) is 35.0 Å². The van der Waals surface area contributed by atoms with Gasteiger partial charge in [0.1, 0.15) is 6.54 Å². The van der Waals surface area contributed by atoms with E-state index in [1.54, 1.807) is 30.3 Å². The quantitative estimate of drug-likeness (QED) is 0.451. The van der Waals surface area contributed by atoms with Gasteiger partial charge in [0, 0.05) is 21.7 Å². The van der Waals surface area contributed by atoms with E-state index in [0.717, 1.165) is 20.8 Å². The summed E-state index contributed by atoms with van der Waals surface area (Å²) in [4.78, 5) is 24.7. The Morgan fingerprint density at radius 2 is 1.63 bits per heavy atom. The summed E-state index contributed by atoms with van der Waals surface area (Å²) in [7, 11) is 0. The molecule has 0 N–H and O–H groups in total. The Bertz CT molecular complexity index is 1200. The molecule has 0 unspecified atom stereocenters. The number of aromatic nitrogens is 2. The van der Waals surface area contributed by atoms with Crippen LogP contribution in [0.5, 0.6) is 0 Å². The predicted molar refractivity (Wildman–Crippen MR) is 110 cm³/mol. The van der Waals surface area contributed by atoms with Gasteiger partial charge in [-0.1, -0.05) is 64.5 Å². The van der Waals surface area contributed by atoms with E-state index in [1.807, 2.05) is 42.5 Å². The minimum absolute atomic E-state index is 0.0954. The van der Waals surface area contributed by atoms with Gasteiger partial charge in [-0.2, -0.15) is 5.10 Å². The maximum Gasteiger partial charge on any atom is 0.267 e. The largest absolute Gasteiger partial charge is 0.292 e. The van der Waals surface area contributed by atoms with Crippen LogP contribution in [0.25, 0.3) is 22.0 Å². The van der Waals surface area contributed by atoms with Gasteiger partial charge in [-0.15, -0.1) is 0 Å². The summed E-state index contributed by atoms with van der Waals surface area (Å²) in [6.45, 7) is -0.0954. The fourth-order valence-corrected chi connectivity index (χ4v) is 3.19. The average molecular weight is 419 g/mol. The van der Waals surface area contributed by atoms with Crippen LogP contribution in [-0.4, -0.2) is 15.6 Å². The summed E-state index contributed by atoms with van der Waals surface area (Å²) in [5.41, 5.74) is 1.80. The summed E-state index contributed by atoms with van der Waals surface area (Å²) < 4.78 is 2.11. The summed E-state index contributed by atoms with van der Waals surface area (Å²) in [5.74, 6) is -0.159. The van der Waals surface area contributed by atoms with Gasteiger partial charge in [0.25, 0.3) is 5.56 Å². The maximum absolute atomic E-state index is 12.5. The highest BCUT2D eigenvalue weighted by atomic mass is 79.9. The van der Waals surface area contributed by atoms with Crippen LogP contribution in [0.4, 0.5) is 0 Å². The molecule has 132 valence electrons. The van der Waals surface area contributed by atoms with Crippen molar-refractivity contribution in [3.63, 3.8) is 0 Å². The van der Waals surface area contributed by atoms with E-state index in [-0.39, 0.29) is 17.9 Å². The zero-order valence-electron chi connectivity index (χ0n) is 14.3. The number of carbonyl (C=O) groups excluding carboxylic acids is 1. The Morgan fingerprint density at radius 1 is 0.889 bits per heavy atom. The number of nitrogens with zero attached hydrogens (tertiary/aromatic N) is 2. The van der Waals surface area contributed by atoms with E-state index in [4.69, 9.17) is 0 Å². The number of halogens is 1. The van der Waals surface area contributed by atoms with E-state index in [9.17, 15) is 9.59 Å². The van der Waals surface area contributed by atoms with Crippen molar-refractivity contribution in [3.8, 4) is 11.3 Å². The number of benzene rings is 3. The van der Waals surface area contributed by atoms with Crippen LogP contribution >= 0.6 is 15.9 Å². The van der Waals surface area contributed by atoms with Crippen LogP contribution in [-0.2, 0) is 6.54 Å². The smallest absolute Gasteiger partial charge is 0.267 e. The second-order valence-corrected chi connectivity index (χ2v) is 7.12. The van der Waals surface area contributed by atoms with Crippen molar-refractivity contribution in [2.45, 2.75) is 6.54 Å². The minimum Gasteiger partial charge on any atom is -0.292 e. The molecule has 0 aliphatic heterocycles. The Kier molecular flexibility index (Phi) is 4.69. The minimum atomic E-state index is -0.301. The van der Waals surface area contributed by atoms with Crippen molar-refractivity contribution in [1.82, 2.24) is 9.78 Å². The van der Waals surface area contributed by atoms with Crippen LogP contribution in [0.2, 0.25) is 0 Å². The second-order valence-electron chi connectivity index (χ2n) is 6.21. The van der Waals surface area contributed by atoms with Crippen molar-refractivity contribution in [2.24, 2.45) is 0 Å². The molecule has 0 saturated heterocycles. The fraction of sp³-hybridized carbons (Fsp3) is 0.0455. The van der Waals surface area contributed by atoms with Crippen molar-refractivity contribution in [1.29, 1.82) is 0 Å². The molecule has 27 heavy (non-hydrogen) atoms. The third kappa shape index (κ3) is 3.73. The monoisotopic (exact) mass is 418 g/mol. The fourth-order valence-electron chi connectivity index (χ4n) is 2.93. The zero-order valence-corrected chi connectivity index (χ0v) is 15.9. The lowest BCUT2D eigenvalue weighted by atomic mass is 10.1. The molecule has 4 aromatic rings. The van der Waals surface area contributed by atoms with Crippen LogP contribution in [0.1, 0.15) is 10.4 Å². The predicted octanol–water partition coefficient (Wildman–Crippen LogP) is 4.71. The molecule has 0 spiro atoms. The zero-order chi connectivity index (χ0) is 18.8. The summed E-state index contributed by atoms with van der Waals surface area (Å²) in [6, 6.07) is 24.3. The van der Waals surface area contributed by atoms with E-state index in [1.165, 1.54) is 10.7 Å². The third-order valence-corrected chi connectivity index (χ3v) is 4.90. The number of hydrogen-bond acceptors (Lipinski definition) is 3. The van der Waals surface area contributed by atoms with Crippen molar-refractivity contribution in [2.75, 3.05) is 0 Å². The molecule has 4 rings (SSSR count). The lowest BCUT2D eigenvalue weighted by Gasteiger charge is -2.08. The Labute approximate surface area is 164 Å². The molecule has 1 heterocycles. The summed E-state index contributed by atoms with van der Waals surface area (Å²) >= 11 is 3.35. The van der Waals surface area contributed by atoms with E-state index in [0.29, 0.717) is 11.3 Å². The molecule has 0 radical (unpaired) electrons. The lowest BCUT2D eigenvalue weighted by molar-refractivity contribution is 0.0966. The molecule has 0 fully saturated rings. The standard InChI is InChI=1S/C22H15BrN2O2/c23-19-9-7-16(8-10-19)21(26)14-25-22(27)12-11-20(24-25)18-6-5-15-3-1-2-4-17(15)13-18/h1-13H,14H2. The molecule has 0 aliphatic rings. The molecule has 0 aliphatic carbocycles. The molecule has 0 atom stereocenters. The van der Waals surface area contributed by atoms with E-state index in [2.05, 4.69) is 21.0 Å². The highest BCUT2D eigenvalue weighted by Gasteiger charge is 2.10. The molecule has 0 bridgehead atoms. The molecule has 0 amide bonds. The van der Waals surface area contributed by atoms with Gasteiger partial charge in [0.05, 0.1) is 5.69 Å². The Morgan fingerprint density at radius 3 is 2.41 bits per heavy atom. The van der Waals surface area contributed by atoms with Gasteiger partial charge in [0.15, 0.2) is 5.78 Å². The number of carbonyl (C=O) groups is 1. The molecule has 0 saturated carbocycles. The first-order valence-corrected chi connectivity index (χ1v) is 9.25. The Hall–Kier alpha value is -3.05. The SMILES string of the molecule is O=C(Cn1nc(-c2ccc3ccccc3c2)ccc1=O)c1ccc(Br)cc1. The van der Waals surface area contributed by atoms with Crippen molar-refractivity contribution < 1.29 is 4.79 Å². The Balaban J connectivity index is 1.67. The molecular formula is C22H15BrN2O2. The van der Waals surface area contributed by atoms with Gasteiger partial charge in [-0.3, -0.25) is 9.59 Å². The molecule has 3 aromatic carbocycles. The molecular weight excluding hydrogens is 404 g/mol. The molecule has 1 aromatic heterocycles. The molecule has 4 nitrogen and oxygen atoms in total. The number of fused-ring (bicyclic) bond motifs is 1. The first kappa shape index (κ1) is 17.4. The highest BCUT2D eigenvalue weighted by Crippen LogP contribution is 2.22. The number of rotatable bonds is 4. The second kappa shape index (κ2) is 7.29. The topological polar surface area (TPSA) is 52.0 Å². The van der Waals surface area contributed by atoms with Gasteiger partial charge in [-0.25, -0.2) is 4.68 Å². The van der Waals surface area contributed by atoms with Gasteiger partial charge in [0.2, 0.25) is 0 Å². The van der Waals surface area contributed by atoms with Crippen LogP contribution in [0.3, 0.4) is 0 Å². The third-order valence-electron chi connectivity index (χ3n) is 4.37. The van der Waals surface area contributed by atoms with Crippen molar-refractivity contribution in [3.05, 3.63) is 99.3 Å². The summed E-state index contributed by atoms with van der Waals surface area (Å²) in [5, 5.41) is 6.64. The number of hydrogen-bond donors (Lipinski definition) is 0. The normalized spacial score (nSPS) is 10.9. The number of Topliss-reactive ketones (excluding diaryl/α,β-unsaturated/α-hetero) is 1. The molecule has 5 heteroatoms. The van der Waals surface area contributed by atoms with E-state index < -0.39 is 0 Å². The van der Waals surface area contributed by atoms with Crippen LogP contribution in [0, 0.1) is 0 Å². The van der Waals surface area contributed by atoms with Crippen LogP contribution in [0.15, 0.2) is 88.1 Å². The van der Waals surface area contributed by atoms with Gasteiger partial charge < -0.3 is 0 Å². The first-order valence-electron chi connectivity index (χ1n) is 8.46. The first-order chi connectivity index (χ1) is 13.1. The van der Waals surface area contributed by atoms with Crippen molar-refractivity contribution >= 4 is 32.5 Å². The van der Waals surface area contributed by atoms with Crippen LogP contribution < -0.4 is 5.56 Å². The van der Waals surface area contributed by atoms with Gasteiger partial charge >= 0.3 is 0 Å².